The number of carbonyl (C=O) groups excluding carboxylic acids is 1. The highest BCUT2D eigenvalue weighted by Crippen LogP contribution is 2.30. The third kappa shape index (κ3) is 5.69. The number of nitrogens with two attached hydrogens (primary N) is 1. The molecule has 0 spiro atoms. The Kier molecular flexibility index (Phi) is 8.31. The van der Waals surface area contributed by atoms with Gasteiger partial charge in [-0.1, -0.05) is 19.1 Å². The van der Waals surface area contributed by atoms with Gasteiger partial charge in [0.15, 0.2) is 0 Å². The predicted molar refractivity (Wildman–Crippen MR) is 109 cm³/mol. The number of allylic oxidation sites excluding steroid dienone is 3. The number of pyridine rings is 1. The topological polar surface area (TPSA) is 71.2 Å². The zero-order valence-electron chi connectivity index (χ0n) is 15.7. The Balaban J connectivity index is 0.00000151. The molecule has 1 atom stereocenters. The summed E-state index contributed by atoms with van der Waals surface area (Å²) in [6.07, 6.45) is 6.58. The van der Waals surface area contributed by atoms with E-state index in [0.717, 1.165) is 28.0 Å². The van der Waals surface area contributed by atoms with Gasteiger partial charge in [0, 0.05) is 37.1 Å². The van der Waals surface area contributed by atoms with Gasteiger partial charge in [0.25, 0.3) is 5.91 Å². The first-order valence-corrected chi connectivity index (χ1v) is 8.98. The highest BCUT2D eigenvalue weighted by molar-refractivity contribution is 7.20. The maximum atomic E-state index is 12.4. The van der Waals surface area contributed by atoms with Gasteiger partial charge >= 0.3 is 0 Å². The molecule has 1 unspecified atom stereocenters. The van der Waals surface area contributed by atoms with Gasteiger partial charge in [0.2, 0.25) is 0 Å². The number of aromatic nitrogens is 1. The monoisotopic (exact) mass is 360 g/mol. The number of hydrogen-bond donors (Lipinski definition) is 2. The number of amides is 1. The number of fused-ring (bicyclic) bond motifs is 1. The van der Waals surface area contributed by atoms with Crippen molar-refractivity contribution in [3.05, 3.63) is 47.6 Å². The molecule has 0 aromatic carbocycles. The molecule has 2 aromatic heterocycles. The van der Waals surface area contributed by atoms with Gasteiger partial charge in [0.1, 0.15) is 4.83 Å². The lowest BCUT2D eigenvalue weighted by atomic mass is 10.1. The highest BCUT2D eigenvalue weighted by atomic mass is 32.1. The Morgan fingerprint density at radius 2 is 2.16 bits per heavy atom. The van der Waals surface area contributed by atoms with Gasteiger partial charge < -0.3 is 16.0 Å². The summed E-state index contributed by atoms with van der Waals surface area (Å²) in [6.45, 7) is 7.77. The summed E-state index contributed by atoms with van der Waals surface area (Å²) in [4.78, 5) is 20.4. The van der Waals surface area contributed by atoms with Gasteiger partial charge in [0.05, 0.1) is 4.88 Å². The molecule has 2 heterocycles. The van der Waals surface area contributed by atoms with E-state index in [-0.39, 0.29) is 5.91 Å². The second-order valence-corrected chi connectivity index (χ2v) is 6.87. The number of nitrogens with one attached hydrogen (secondary N) is 1. The van der Waals surface area contributed by atoms with Crippen LogP contribution in [-0.2, 0) is 0 Å². The summed E-state index contributed by atoms with van der Waals surface area (Å²) in [5.41, 5.74) is 6.43. The highest BCUT2D eigenvalue weighted by Gasteiger charge is 2.14. The van der Waals surface area contributed by atoms with Crippen LogP contribution >= 0.6 is 11.3 Å². The van der Waals surface area contributed by atoms with Crippen LogP contribution in [0.2, 0.25) is 0 Å². The second kappa shape index (κ2) is 9.96. The molecule has 136 valence electrons. The van der Waals surface area contributed by atoms with Crippen molar-refractivity contribution < 1.29 is 4.79 Å². The number of anilines is 1. The van der Waals surface area contributed by atoms with E-state index < -0.39 is 0 Å². The maximum Gasteiger partial charge on any atom is 0.265 e. The fourth-order valence-electron chi connectivity index (χ4n) is 2.18. The second-order valence-electron chi connectivity index (χ2n) is 5.84. The zero-order valence-corrected chi connectivity index (χ0v) is 16.5. The van der Waals surface area contributed by atoms with Gasteiger partial charge in [-0.15, -0.1) is 17.9 Å². The van der Waals surface area contributed by atoms with E-state index in [2.05, 4.69) is 29.5 Å². The molecule has 0 aliphatic heterocycles. The van der Waals surface area contributed by atoms with E-state index in [4.69, 9.17) is 0 Å². The van der Waals surface area contributed by atoms with Gasteiger partial charge in [-0.05, 0) is 38.4 Å². The van der Waals surface area contributed by atoms with Crippen molar-refractivity contribution in [3.63, 3.8) is 0 Å². The van der Waals surface area contributed by atoms with Crippen molar-refractivity contribution in [1.29, 1.82) is 0 Å². The van der Waals surface area contributed by atoms with Crippen LogP contribution in [0.1, 0.15) is 29.9 Å². The number of nitrogens with zero attached hydrogens (tertiary/aromatic N) is 2. The van der Waals surface area contributed by atoms with Crippen LogP contribution in [0.15, 0.2) is 42.8 Å². The molecule has 2 aromatic rings. The zero-order chi connectivity index (χ0) is 19.0. The Hall–Kier alpha value is -2.18. The molecule has 0 radical (unpaired) electrons. The molecule has 0 aliphatic rings. The van der Waals surface area contributed by atoms with Crippen molar-refractivity contribution in [2.45, 2.75) is 20.3 Å². The normalized spacial score (nSPS) is 12.2. The molecule has 0 saturated heterocycles. The van der Waals surface area contributed by atoms with Crippen molar-refractivity contribution in [2.24, 2.45) is 11.7 Å². The fraction of sp³-hybridized carbons (Fsp3) is 0.368. The van der Waals surface area contributed by atoms with E-state index in [0.29, 0.717) is 10.8 Å². The van der Waals surface area contributed by atoms with Crippen LogP contribution in [0, 0.1) is 5.92 Å². The van der Waals surface area contributed by atoms with Gasteiger partial charge in [-0.25, -0.2) is 4.98 Å². The Labute approximate surface area is 154 Å². The molecule has 5 nitrogen and oxygen atoms in total. The van der Waals surface area contributed by atoms with E-state index in [1.807, 2.05) is 50.2 Å². The molecule has 6 heteroatoms. The summed E-state index contributed by atoms with van der Waals surface area (Å²) in [7, 11) is 5.47. The van der Waals surface area contributed by atoms with Crippen LogP contribution in [0.4, 0.5) is 5.69 Å². The number of thiophene rings is 1. The van der Waals surface area contributed by atoms with Crippen LogP contribution in [0.3, 0.4) is 0 Å². The molecular weight excluding hydrogens is 332 g/mol. The predicted octanol–water partition coefficient (Wildman–Crippen LogP) is 3.78. The van der Waals surface area contributed by atoms with Crippen molar-refractivity contribution in [2.75, 3.05) is 26.0 Å². The molecule has 0 fully saturated rings. The van der Waals surface area contributed by atoms with Gasteiger partial charge in [-0.2, -0.15) is 0 Å². The smallest absolute Gasteiger partial charge is 0.265 e. The lowest BCUT2D eigenvalue weighted by Crippen LogP contribution is -2.20. The van der Waals surface area contributed by atoms with Crippen molar-refractivity contribution in [1.82, 2.24) is 10.3 Å². The lowest BCUT2D eigenvalue weighted by Gasteiger charge is -2.12. The summed E-state index contributed by atoms with van der Waals surface area (Å²) in [6, 6.07) is 3.87. The number of hydrogen-bond acceptors (Lipinski definition) is 5. The summed E-state index contributed by atoms with van der Waals surface area (Å²) >= 11 is 1.41. The quantitative estimate of drug-likeness (QED) is 0.769. The lowest BCUT2D eigenvalue weighted by molar-refractivity contribution is 0.0970. The summed E-state index contributed by atoms with van der Waals surface area (Å²) in [5.74, 6) is 0.315. The van der Waals surface area contributed by atoms with E-state index in [9.17, 15) is 4.79 Å². The first kappa shape index (κ1) is 20.9. The standard InChI is InChI=1S/C18H23N3OS.CH5N/c1-6-12(2)7-8-13(3)20-17(22)16-11-14-15(21(4)5)9-10-19-18(14)23-16;1-2/h6,8-12H,1,7H2,2-5H3,(H,20,22);2H2,1H3/b13-8+;. The van der Waals surface area contributed by atoms with Crippen LogP contribution in [0.5, 0.6) is 0 Å². The fourth-order valence-corrected chi connectivity index (χ4v) is 3.09. The average Bonchev–Trinajstić information content (AvgIpc) is 3.05. The largest absolute Gasteiger partial charge is 0.377 e. The van der Waals surface area contributed by atoms with E-state index in [1.165, 1.54) is 18.4 Å². The molecule has 25 heavy (non-hydrogen) atoms. The Morgan fingerprint density at radius 3 is 2.76 bits per heavy atom. The minimum absolute atomic E-state index is 0.0855. The van der Waals surface area contributed by atoms with Crippen LogP contribution in [-0.4, -0.2) is 32.0 Å². The first-order chi connectivity index (χ1) is 11.9. The number of carbonyl (C=O) groups is 1. The Bertz CT molecular complexity index is 749. The van der Waals surface area contributed by atoms with Gasteiger partial charge in [-0.3, -0.25) is 4.79 Å². The molecular formula is C19H28N4OS. The molecule has 0 bridgehead atoms. The SMILES string of the molecule is C=CC(C)C/C=C(\C)NC(=O)c1cc2c(N(C)C)ccnc2s1.CN. The van der Waals surface area contributed by atoms with Crippen LogP contribution in [0.25, 0.3) is 10.2 Å². The van der Waals surface area contributed by atoms with Crippen LogP contribution < -0.4 is 16.0 Å². The minimum atomic E-state index is -0.0855. The molecule has 0 aliphatic carbocycles. The van der Waals surface area contributed by atoms with E-state index >= 15 is 0 Å². The van der Waals surface area contributed by atoms with E-state index in [1.54, 1.807) is 6.20 Å². The average molecular weight is 361 g/mol. The number of rotatable bonds is 6. The molecule has 1 amide bonds. The van der Waals surface area contributed by atoms with Crippen molar-refractivity contribution in [3.8, 4) is 0 Å². The third-order valence-corrected chi connectivity index (χ3v) is 4.67. The third-order valence-electron chi connectivity index (χ3n) is 3.63. The summed E-state index contributed by atoms with van der Waals surface area (Å²) in [5, 5.41) is 3.95. The molecule has 2 rings (SSSR count). The maximum absolute atomic E-state index is 12.4. The first-order valence-electron chi connectivity index (χ1n) is 8.16. The minimum Gasteiger partial charge on any atom is -0.377 e. The summed E-state index contributed by atoms with van der Waals surface area (Å²) < 4.78 is 0. The Morgan fingerprint density at radius 1 is 1.48 bits per heavy atom. The molecule has 0 saturated carbocycles. The molecule has 3 N–H and O–H groups in total. The van der Waals surface area contributed by atoms with Crippen molar-refractivity contribution >= 4 is 33.1 Å².